The molecule has 0 amide bonds. The summed E-state index contributed by atoms with van der Waals surface area (Å²) in [5, 5.41) is 0. The maximum atomic E-state index is 2.50. The van der Waals surface area contributed by atoms with E-state index in [0.29, 0.717) is 5.41 Å². The van der Waals surface area contributed by atoms with Gasteiger partial charge in [-0.1, -0.05) is 80.1 Å². The van der Waals surface area contributed by atoms with Crippen molar-refractivity contribution < 1.29 is 0 Å². The molecule has 0 heteroatoms. The Morgan fingerprint density at radius 2 is 1.40 bits per heavy atom. The third-order valence-electron chi connectivity index (χ3n) is 4.70. The van der Waals surface area contributed by atoms with Crippen molar-refractivity contribution in [1.82, 2.24) is 0 Å². The Hall–Kier alpha value is 0. The second-order valence-electron chi connectivity index (χ2n) is 5.33. The van der Waals surface area contributed by atoms with Gasteiger partial charge in [0, 0.05) is 0 Å². The summed E-state index contributed by atoms with van der Waals surface area (Å²) in [7, 11) is 0. The van der Waals surface area contributed by atoms with Crippen molar-refractivity contribution in [3.63, 3.8) is 0 Å². The molecule has 0 aliphatic carbocycles. The highest BCUT2D eigenvalue weighted by Crippen LogP contribution is 2.43. The van der Waals surface area contributed by atoms with Gasteiger partial charge in [0.1, 0.15) is 0 Å². The summed E-state index contributed by atoms with van der Waals surface area (Å²) in [5.74, 6) is 1.88. The fourth-order valence-electron chi connectivity index (χ4n) is 3.23. The zero-order chi connectivity index (χ0) is 11.9. The molecule has 0 aromatic carbocycles. The average Bonchev–Trinajstić information content (AvgIpc) is 2.28. The molecule has 0 saturated heterocycles. The van der Waals surface area contributed by atoms with Gasteiger partial charge in [-0.3, -0.25) is 0 Å². The van der Waals surface area contributed by atoms with E-state index in [0.717, 1.165) is 11.8 Å². The first-order chi connectivity index (χ1) is 7.09. The van der Waals surface area contributed by atoms with Crippen molar-refractivity contribution >= 4 is 0 Å². The molecule has 0 heterocycles. The van der Waals surface area contributed by atoms with Crippen LogP contribution in [0.15, 0.2) is 0 Å². The minimum Gasteiger partial charge on any atom is -0.0654 e. The van der Waals surface area contributed by atoms with Crippen LogP contribution in [0.5, 0.6) is 0 Å². The van der Waals surface area contributed by atoms with Crippen LogP contribution < -0.4 is 0 Å². The lowest BCUT2D eigenvalue weighted by atomic mass is 9.65. The summed E-state index contributed by atoms with van der Waals surface area (Å²) in [6.07, 6.45) is 8.16. The normalized spacial score (nSPS) is 16.4. The van der Waals surface area contributed by atoms with Crippen molar-refractivity contribution in [2.75, 3.05) is 0 Å². The lowest BCUT2D eigenvalue weighted by Gasteiger charge is -2.41. The SMILES string of the molecule is CCCC(CC)C(CC)C(C)(CC)CC. The van der Waals surface area contributed by atoms with Crippen molar-refractivity contribution in [2.45, 2.75) is 80.1 Å². The molecule has 92 valence electrons. The molecule has 0 bridgehead atoms. The Kier molecular flexibility index (Phi) is 7.30. The van der Waals surface area contributed by atoms with Crippen LogP contribution in [0.1, 0.15) is 80.1 Å². The summed E-state index contributed by atoms with van der Waals surface area (Å²) in [4.78, 5) is 0. The molecule has 0 saturated carbocycles. The van der Waals surface area contributed by atoms with Crippen molar-refractivity contribution in [3.8, 4) is 0 Å². The molecule has 2 atom stereocenters. The summed E-state index contributed by atoms with van der Waals surface area (Å²) in [5.41, 5.74) is 0.574. The van der Waals surface area contributed by atoms with E-state index >= 15 is 0 Å². The zero-order valence-corrected chi connectivity index (χ0v) is 11.9. The highest BCUT2D eigenvalue weighted by atomic mass is 14.4. The van der Waals surface area contributed by atoms with Crippen LogP contribution in [-0.2, 0) is 0 Å². The second-order valence-corrected chi connectivity index (χ2v) is 5.33. The van der Waals surface area contributed by atoms with E-state index in [2.05, 4.69) is 41.5 Å². The maximum absolute atomic E-state index is 2.50. The van der Waals surface area contributed by atoms with Gasteiger partial charge >= 0.3 is 0 Å². The molecule has 2 unspecified atom stereocenters. The van der Waals surface area contributed by atoms with Gasteiger partial charge < -0.3 is 0 Å². The molecule has 0 aromatic rings. The van der Waals surface area contributed by atoms with Gasteiger partial charge in [0.25, 0.3) is 0 Å². The predicted octanol–water partition coefficient (Wildman–Crippen LogP) is 5.67. The van der Waals surface area contributed by atoms with E-state index in [1.807, 2.05) is 0 Å². The molecule has 15 heavy (non-hydrogen) atoms. The number of rotatable bonds is 8. The van der Waals surface area contributed by atoms with Gasteiger partial charge in [0.05, 0.1) is 0 Å². The quantitative estimate of drug-likeness (QED) is 0.486. The highest BCUT2D eigenvalue weighted by molar-refractivity contribution is 4.83. The van der Waals surface area contributed by atoms with Gasteiger partial charge in [0.2, 0.25) is 0 Å². The summed E-state index contributed by atoms with van der Waals surface area (Å²) in [6, 6.07) is 0. The van der Waals surface area contributed by atoms with Gasteiger partial charge in [-0.15, -0.1) is 0 Å². The van der Waals surface area contributed by atoms with E-state index in [9.17, 15) is 0 Å². The topological polar surface area (TPSA) is 0 Å². The zero-order valence-electron chi connectivity index (χ0n) is 11.9. The average molecular weight is 212 g/mol. The van der Waals surface area contributed by atoms with E-state index in [1.54, 1.807) is 0 Å². The van der Waals surface area contributed by atoms with Crippen molar-refractivity contribution in [2.24, 2.45) is 17.3 Å². The molecule has 0 nitrogen and oxygen atoms in total. The third kappa shape index (κ3) is 3.81. The molecule has 0 fully saturated rings. The first-order valence-electron chi connectivity index (χ1n) is 7.09. The van der Waals surface area contributed by atoms with Crippen LogP contribution in [0, 0.1) is 17.3 Å². The molecule has 0 N–H and O–H groups in total. The lowest BCUT2D eigenvalue weighted by Crippen LogP contribution is -2.31. The van der Waals surface area contributed by atoms with E-state index in [1.165, 1.54) is 38.5 Å². The van der Waals surface area contributed by atoms with Crippen molar-refractivity contribution in [3.05, 3.63) is 0 Å². The monoisotopic (exact) mass is 212 g/mol. The van der Waals surface area contributed by atoms with Gasteiger partial charge in [-0.05, 0) is 17.3 Å². The molecular formula is C15H32. The Balaban J connectivity index is 4.68. The van der Waals surface area contributed by atoms with Crippen LogP contribution in [0.25, 0.3) is 0 Å². The van der Waals surface area contributed by atoms with Crippen LogP contribution in [0.2, 0.25) is 0 Å². The smallest absolute Gasteiger partial charge is 0.0300 e. The van der Waals surface area contributed by atoms with E-state index in [-0.39, 0.29) is 0 Å². The van der Waals surface area contributed by atoms with Gasteiger partial charge in [-0.2, -0.15) is 0 Å². The summed E-state index contributed by atoms with van der Waals surface area (Å²) >= 11 is 0. The van der Waals surface area contributed by atoms with Gasteiger partial charge in [-0.25, -0.2) is 0 Å². The van der Waals surface area contributed by atoms with Crippen LogP contribution in [0.4, 0.5) is 0 Å². The molecule has 0 aromatic heterocycles. The Bertz CT molecular complexity index is 144. The molecule has 0 spiro atoms. The molecule has 0 aliphatic heterocycles. The Morgan fingerprint density at radius 3 is 1.67 bits per heavy atom. The van der Waals surface area contributed by atoms with Crippen molar-refractivity contribution in [1.29, 1.82) is 0 Å². The molecule has 0 aliphatic rings. The fraction of sp³-hybridized carbons (Fsp3) is 1.00. The number of hydrogen-bond acceptors (Lipinski definition) is 0. The van der Waals surface area contributed by atoms with Crippen LogP contribution in [-0.4, -0.2) is 0 Å². The Morgan fingerprint density at radius 1 is 0.867 bits per heavy atom. The minimum absolute atomic E-state index is 0.574. The minimum atomic E-state index is 0.574. The summed E-state index contributed by atoms with van der Waals surface area (Å²) < 4.78 is 0. The Labute approximate surface area is 97.8 Å². The van der Waals surface area contributed by atoms with Crippen LogP contribution >= 0.6 is 0 Å². The molecular weight excluding hydrogens is 180 g/mol. The number of hydrogen-bond donors (Lipinski definition) is 0. The predicted molar refractivity (Wildman–Crippen MR) is 71.2 cm³/mol. The molecule has 0 radical (unpaired) electrons. The first-order valence-corrected chi connectivity index (χ1v) is 7.09. The highest BCUT2D eigenvalue weighted by Gasteiger charge is 2.33. The molecule has 0 rings (SSSR count). The standard InChI is InChI=1S/C15H32/c1-7-12-13(8-2)14(9-3)15(6,10-4)11-5/h13-14H,7-12H2,1-6H3. The maximum Gasteiger partial charge on any atom is -0.0300 e. The lowest BCUT2D eigenvalue weighted by molar-refractivity contribution is 0.0931. The third-order valence-corrected chi connectivity index (χ3v) is 4.70. The summed E-state index contributed by atoms with van der Waals surface area (Å²) in [6.45, 7) is 14.3. The second kappa shape index (κ2) is 7.30. The van der Waals surface area contributed by atoms with Gasteiger partial charge in [0.15, 0.2) is 0 Å². The van der Waals surface area contributed by atoms with E-state index < -0.39 is 0 Å². The van der Waals surface area contributed by atoms with Crippen LogP contribution in [0.3, 0.4) is 0 Å². The fourth-order valence-corrected chi connectivity index (χ4v) is 3.23. The van der Waals surface area contributed by atoms with E-state index in [4.69, 9.17) is 0 Å². The largest absolute Gasteiger partial charge is 0.0654 e. The first kappa shape index (κ1) is 15.0.